The molecule has 0 aliphatic heterocycles. The van der Waals surface area contributed by atoms with Crippen LogP contribution in [0.4, 0.5) is 0 Å². The van der Waals surface area contributed by atoms with Crippen LogP contribution in [0.2, 0.25) is 0 Å². The van der Waals surface area contributed by atoms with Gasteiger partial charge < -0.3 is 9.90 Å². The second-order valence-corrected chi connectivity index (χ2v) is 6.61. The summed E-state index contributed by atoms with van der Waals surface area (Å²) in [6, 6.07) is 0. The number of carbonyl (C=O) groups excluding carboxylic acids is 1. The Morgan fingerprint density at radius 1 is 0.952 bits per heavy atom. The third kappa shape index (κ3) is 11.4. The van der Waals surface area contributed by atoms with Crippen LogP contribution in [0, 0.1) is 11.8 Å². The molecule has 0 aliphatic carbocycles. The van der Waals surface area contributed by atoms with Crippen LogP contribution in [0.5, 0.6) is 0 Å². The van der Waals surface area contributed by atoms with Crippen molar-refractivity contribution in [1.29, 1.82) is 0 Å². The van der Waals surface area contributed by atoms with Crippen LogP contribution in [-0.2, 0) is 4.79 Å². The molecular formula is C19H34O2. The summed E-state index contributed by atoms with van der Waals surface area (Å²) in [5, 5.41) is 9.33. The van der Waals surface area contributed by atoms with E-state index in [4.69, 9.17) is 0 Å². The lowest BCUT2D eigenvalue weighted by Crippen LogP contribution is -2.13. The number of hydrogen-bond donors (Lipinski definition) is 1. The molecule has 0 unspecified atom stereocenters. The first kappa shape index (κ1) is 20.1. The SMILES string of the molecule is CC(=O)CC/C=C(\C)CC/C=C(\C)CC[C@H](CO)C(C)C. The lowest BCUT2D eigenvalue weighted by Gasteiger charge is -2.18. The van der Waals surface area contributed by atoms with Gasteiger partial charge in [-0.05, 0) is 64.7 Å². The van der Waals surface area contributed by atoms with Crippen LogP contribution in [-0.4, -0.2) is 17.5 Å². The Hall–Kier alpha value is -0.890. The van der Waals surface area contributed by atoms with E-state index in [1.807, 2.05) is 0 Å². The topological polar surface area (TPSA) is 37.3 Å². The van der Waals surface area contributed by atoms with Gasteiger partial charge in [-0.15, -0.1) is 0 Å². The van der Waals surface area contributed by atoms with Crippen molar-refractivity contribution in [1.82, 2.24) is 0 Å². The Morgan fingerprint density at radius 2 is 1.48 bits per heavy atom. The Bertz CT molecular complexity index is 351. The zero-order chi connectivity index (χ0) is 16.3. The van der Waals surface area contributed by atoms with Gasteiger partial charge in [0.15, 0.2) is 0 Å². The van der Waals surface area contributed by atoms with E-state index in [0.717, 1.165) is 32.1 Å². The maximum Gasteiger partial charge on any atom is 0.130 e. The molecule has 0 bridgehead atoms. The maximum atomic E-state index is 10.9. The fourth-order valence-electron chi connectivity index (χ4n) is 2.32. The molecule has 0 amide bonds. The molecule has 0 fully saturated rings. The molecule has 122 valence electrons. The molecule has 0 aromatic heterocycles. The van der Waals surface area contributed by atoms with Gasteiger partial charge in [-0.25, -0.2) is 0 Å². The molecule has 0 heterocycles. The summed E-state index contributed by atoms with van der Waals surface area (Å²) < 4.78 is 0. The monoisotopic (exact) mass is 294 g/mol. The maximum absolute atomic E-state index is 10.9. The average molecular weight is 294 g/mol. The number of Topliss-reactive ketones (excluding diaryl/α,β-unsaturated/α-hetero) is 1. The van der Waals surface area contributed by atoms with E-state index in [1.54, 1.807) is 6.92 Å². The highest BCUT2D eigenvalue weighted by Crippen LogP contribution is 2.20. The largest absolute Gasteiger partial charge is 0.396 e. The molecule has 0 aromatic carbocycles. The van der Waals surface area contributed by atoms with E-state index >= 15 is 0 Å². The molecular weight excluding hydrogens is 260 g/mol. The molecule has 2 heteroatoms. The van der Waals surface area contributed by atoms with Gasteiger partial charge in [0.2, 0.25) is 0 Å². The van der Waals surface area contributed by atoms with Gasteiger partial charge in [0.25, 0.3) is 0 Å². The molecule has 21 heavy (non-hydrogen) atoms. The van der Waals surface area contributed by atoms with E-state index in [9.17, 15) is 9.90 Å². The van der Waals surface area contributed by atoms with Crippen molar-refractivity contribution >= 4 is 5.78 Å². The molecule has 0 aromatic rings. The zero-order valence-electron chi connectivity index (χ0n) is 14.6. The lowest BCUT2D eigenvalue weighted by atomic mass is 9.90. The fraction of sp³-hybridized carbons (Fsp3) is 0.737. The van der Waals surface area contributed by atoms with Crippen LogP contribution in [0.25, 0.3) is 0 Å². The number of rotatable bonds is 11. The standard InChI is InChI=1S/C19H34O2/c1-15(2)19(14-20)13-12-17(4)9-6-8-16(3)10-7-11-18(5)21/h9-10,15,19-20H,6-8,11-14H2,1-5H3/b16-10+,17-9+/t19-/m1/s1. The smallest absolute Gasteiger partial charge is 0.130 e. The van der Waals surface area contributed by atoms with Gasteiger partial charge in [0.1, 0.15) is 5.78 Å². The van der Waals surface area contributed by atoms with Gasteiger partial charge in [0, 0.05) is 13.0 Å². The van der Waals surface area contributed by atoms with Crippen molar-refractivity contribution < 1.29 is 9.90 Å². The first-order valence-electron chi connectivity index (χ1n) is 8.28. The molecule has 0 aliphatic rings. The van der Waals surface area contributed by atoms with Crippen molar-refractivity contribution in [3.8, 4) is 0 Å². The normalized spacial score (nSPS) is 14.6. The van der Waals surface area contributed by atoms with Gasteiger partial charge in [-0.3, -0.25) is 0 Å². The van der Waals surface area contributed by atoms with E-state index in [1.165, 1.54) is 11.1 Å². The Balaban J connectivity index is 3.98. The minimum absolute atomic E-state index is 0.262. The Morgan fingerprint density at radius 3 is 1.95 bits per heavy atom. The number of aliphatic hydroxyl groups is 1. The van der Waals surface area contributed by atoms with Crippen molar-refractivity contribution in [2.75, 3.05) is 6.61 Å². The minimum atomic E-state index is 0.262. The van der Waals surface area contributed by atoms with E-state index < -0.39 is 0 Å². The lowest BCUT2D eigenvalue weighted by molar-refractivity contribution is -0.116. The second-order valence-electron chi connectivity index (χ2n) is 6.61. The van der Waals surface area contributed by atoms with Crippen LogP contribution in [0.3, 0.4) is 0 Å². The Kier molecular flexibility index (Phi) is 11.2. The van der Waals surface area contributed by atoms with Gasteiger partial charge in [-0.2, -0.15) is 0 Å². The van der Waals surface area contributed by atoms with Crippen molar-refractivity contribution in [2.24, 2.45) is 11.8 Å². The summed E-state index contributed by atoms with van der Waals surface area (Å²) in [6.45, 7) is 10.6. The second kappa shape index (κ2) is 11.7. The minimum Gasteiger partial charge on any atom is -0.396 e. The van der Waals surface area contributed by atoms with Gasteiger partial charge in [0.05, 0.1) is 0 Å². The molecule has 0 radical (unpaired) electrons. The number of carbonyl (C=O) groups is 1. The summed E-state index contributed by atoms with van der Waals surface area (Å²) in [7, 11) is 0. The van der Waals surface area contributed by atoms with E-state index in [-0.39, 0.29) is 5.78 Å². The summed E-state index contributed by atoms with van der Waals surface area (Å²) in [5.74, 6) is 1.23. The highest BCUT2D eigenvalue weighted by molar-refractivity contribution is 5.75. The summed E-state index contributed by atoms with van der Waals surface area (Å²) >= 11 is 0. The van der Waals surface area contributed by atoms with Crippen molar-refractivity contribution in [2.45, 2.75) is 73.1 Å². The molecule has 0 rings (SSSR count). The highest BCUT2D eigenvalue weighted by atomic mass is 16.3. The van der Waals surface area contributed by atoms with Gasteiger partial charge in [-0.1, -0.05) is 37.1 Å². The third-order valence-electron chi connectivity index (χ3n) is 4.11. The molecule has 2 nitrogen and oxygen atoms in total. The predicted molar refractivity (Wildman–Crippen MR) is 91.3 cm³/mol. The van der Waals surface area contributed by atoms with Crippen LogP contribution in [0.15, 0.2) is 23.3 Å². The number of aliphatic hydroxyl groups excluding tert-OH is 1. The quantitative estimate of drug-likeness (QED) is 0.540. The van der Waals surface area contributed by atoms with E-state index in [2.05, 4.69) is 39.8 Å². The molecule has 1 N–H and O–H groups in total. The first-order chi connectivity index (χ1) is 9.86. The molecule has 0 saturated carbocycles. The number of ketones is 1. The predicted octanol–water partition coefficient (Wildman–Crippen LogP) is 5.07. The summed E-state index contributed by atoms with van der Waals surface area (Å²) in [4.78, 5) is 10.9. The molecule has 0 saturated heterocycles. The van der Waals surface area contributed by atoms with Crippen molar-refractivity contribution in [3.63, 3.8) is 0 Å². The molecule has 0 spiro atoms. The summed E-state index contributed by atoms with van der Waals surface area (Å²) in [6.07, 6.45) is 10.3. The molecule has 1 atom stereocenters. The van der Waals surface area contributed by atoms with E-state index in [0.29, 0.717) is 24.9 Å². The number of allylic oxidation sites excluding steroid dienone is 4. The fourth-order valence-corrected chi connectivity index (χ4v) is 2.32. The first-order valence-corrected chi connectivity index (χ1v) is 8.28. The third-order valence-corrected chi connectivity index (χ3v) is 4.11. The Labute approximate surface area is 131 Å². The average Bonchev–Trinajstić information content (AvgIpc) is 2.38. The van der Waals surface area contributed by atoms with Crippen molar-refractivity contribution in [3.05, 3.63) is 23.3 Å². The zero-order valence-corrected chi connectivity index (χ0v) is 14.6. The van der Waals surface area contributed by atoms with Crippen LogP contribution in [0.1, 0.15) is 73.1 Å². The van der Waals surface area contributed by atoms with Crippen LogP contribution >= 0.6 is 0 Å². The highest BCUT2D eigenvalue weighted by Gasteiger charge is 2.11. The summed E-state index contributed by atoms with van der Waals surface area (Å²) in [5.41, 5.74) is 2.79. The van der Waals surface area contributed by atoms with Gasteiger partial charge >= 0.3 is 0 Å². The number of hydrogen-bond acceptors (Lipinski definition) is 2. The van der Waals surface area contributed by atoms with Crippen LogP contribution < -0.4 is 0 Å².